The van der Waals surface area contributed by atoms with E-state index in [2.05, 4.69) is 19.9 Å². The van der Waals surface area contributed by atoms with Gasteiger partial charge in [-0.1, -0.05) is 6.07 Å². The number of halogens is 3. The maximum absolute atomic E-state index is 11.9. The van der Waals surface area contributed by atoms with Crippen molar-refractivity contribution in [2.24, 2.45) is 0 Å². The van der Waals surface area contributed by atoms with Gasteiger partial charge < -0.3 is 15.0 Å². The van der Waals surface area contributed by atoms with Crippen LogP contribution in [0.15, 0.2) is 18.2 Å². The number of piperidine rings is 1. The van der Waals surface area contributed by atoms with Crippen molar-refractivity contribution in [3.8, 4) is 0 Å². The number of amides is 1. The highest BCUT2D eigenvalue weighted by Gasteiger charge is 2.27. The number of hydrogen-bond acceptors (Lipinski definition) is 4. The summed E-state index contributed by atoms with van der Waals surface area (Å²) in [6.07, 6.45) is -2.85. The van der Waals surface area contributed by atoms with Gasteiger partial charge in [-0.3, -0.25) is 4.79 Å². The van der Waals surface area contributed by atoms with Crippen molar-refractivity contribution in [1.29, 1.82) is 0 Å². The van der Waals surface area contributed by atoms with Crippen LogP contribution in [0.1, 0.15) is 25.0 Å². The lowest BCUT2D eigenvalue weighted by Gasteiger charge is -2.33. The zero-order valence-electron chi connectivity index (χ0n) is 13.6. The molecular formula is C16H22F3N3O2. The lowest BCUT2D eigenvalue weighted by atomic mass is 10.0. The van der Waals surface area contributed by atoms with Crippen molar-refractivity contribution in [3.63, 3.8) is 0 Å². The van der Waals surface area contributed by atoms with Crippen LogP contribution in [0.2, 0.25) is 0 Å². The normalized spacial score (nSPS) is 16.2. The molecule has 1 N–H and O–H groups in total. The number of rotatable bonds is 6. The standard InChI is InChI=1S/C16H22F3N3O2/c1-12-3-2-4-14(20-12)22-8-5-13(6-9-22)21-15(23)7-10-24-11-16(17,18)19/h2-4,13H,5-11H2,1H3,(H,21,23). The molecule has 2 heterocycles. The number of alkyl halides is 3. The molecule has 0 saturated carbocycles. The summed E-state index contributed by atoms with van der Waals surface area (Å²) in [4.78, 5) is 18.4. The molecule has 8 heteroatoms. The number of aryl methyl sites for hydroxylation is 1. The third-order valence-electron chi connectivity index (χ3n) is 3.80. The Labute approximate surface area is 139 Å². The summed E-state index contributed by atoms with van der Waals surface area (Å²) in [7, 11) is 0. The molecule has 1 aliphatic heterocycles. The average molecular weight is 345 g/mol. The van der Waals surface area contributed by atoms with Crippen LogP contribution in [0, 0.1) is 6.92 Å². The van der Waals surface area contributed by atoms with Crippen LogP contribution < -0.4 is 10.2 Å². The molecule has 0 radical (unpaired) electrons. The van der Waals surface area contributed by atoms with Gasteiger partial charge in [0.2, 0.25) is 5.91 Å². The largest absolute Gasteiger partial charge is 0.411 e. The quantitative estimate of drug-likeness (QED) is 0.805. The number of ether oxygens (including phenoxy) is 1. The van der Waals surface area contributed by atoms with Gasteiger partial charge in [0, 0.05) is 31.2 Å². The molecule has 0 atom stereocenters. The van der Waals surface area contributed by atoms with Gasteiger partial charge in [0.15, 0.2) is 0 Å². The Hall–Kier alpha value is -1.83. The summed E-state index contributed by atoms with van der Waals surface area (Å²) in [6, 6.07) is 5.91. The molecule has 1 aromatic rings. The first-order valence-electron chi connectivity index (χ1n) is 7.96. The molecule has 1 aliphatic rings. The van der Waals surface area contributed by atoms with E-state index in [1.165, 1.54) is 0 Å². The minimum absolute atomic E-state index is 0.0428. The van der Waals surface area contributed by atoms with Crippen LogP contribution in [0.25, 0.3) is 0 Å². The predicted molar refractivity (Wildman–Crippen MR) is 83.8 cm³/mol. The Morgan fingerprint density at radius 1 is 1.38 bits per heavy atom. The lowest BCUT2D eigenvalue weighted by Crippen LogP contribution is -2.45. The number of nitrogens with one attached hydrogen (secondary N) is 1. The minimum atomic E-state index is -4.35. The Morgan fingerprint density at radius 2 is 2.08 bits per heavy atom. The van der Waals surface area contributed by atoms with Crippen molar-refractivity contribution in [2.75, 3.05) is 31.2 Å². The van der Waals surface area contributed by atoms with Crippen molar-refractivity contribution < 1.29 is 22.7 Å². The smallest absolute Gasteiger partial charge is 0.372 e. The predicted octanol–water partition coefficient (Wildman–Crippen LogP) is 2.44. The van der Waals surface area contributed by atoms with E-state index in [1.807, 2.05) is 25.1 Å². The van der Waals surface area contributed by atoms with E-state index in [1.54, 1.807) is 0 Å². The van der Waals surface area contributed by atoms with Gasteiger partial charge in [0.05, 0.1) is 6.61 Å². The minimum Gasteiger partial charge on any atom is -0.372 e. The summed E-state index contributed by atoms with van der Waals surface area (Å²) in [5.74, 6) is 0.657. The van der Waals surface area contributed by atoms with Gasteiger partial charge in [-0.2, -0.15) is 13.2 Å². The highest BCUT2D eigenvalue weighted by molar-refractivity contribution is 5.76. The van der Waals surface area contributed by atoms with Crippen LogP contribution in [0.3, 0.4) is 0 Å². The first kappa shape index (κ1) is 18.5. The number of anilines is 1. The van der Waals surface area contributed by atoms with E-state index in [4.69, 9.17) is 0 Å². The van der Waals surface area contributed by atoms with E-state index in [-0.39, 0.29) is 25.0 Å². The van der Waals surface area contributed by atoms with Crippen LogP contribution in [0.5, 0.6) is 0 Å². The third kappa shape index (κ3) is 6.35. The molecule has 1 fully saturated rings. The lowest BCUT2D eigenvalue weighted by molar-refractivity contribution is -0.174. The van der Waals surface area contributed by atoms with Crippen molar-refractivity contribution >= 4 is 11.7 Å². The van der Waals surface area contributed by atoms with Gasteiger partial charge in [-0.25, -0.2) is 4.98 Å². The first-order valence-corrected chi connectivity index (χ1v) is 7.96. The van der Waals surface area contributed by atoms with Gasteiger partial charge in [0.25, 0.3) is 0 Å². The van der Waals surface area contributed by atoms with E-state index < -0.39 is 12.8 Å². The molecule has 0 spiro atoms. The second-order valence-corrected chi connectivity index (χ2v) is 5.88. The van der Waals surface area contributed by atoms with Crippen LogP contribution in [-0.4, -0.2) is 49.4 Å². The van der Waals surface area contributed by atoms with E-state index in [0.717, 1.165) is 37.4 Å². The Bertz CT molecular complexity index is 544. The van der Waals surface area contributed by atoms with E-state index in [0.29, 0.717) is 0 Å². The highest BCUT2D eigenvalue weighted by Crippen LogP contribution is 2.18. The number of carbonyl (C=O) groups is 1. The van der Waals surface area contributed by atoms with Gasteiger partial charge in [0.1, 0.15) is 12.4 Å². The van der Waals surface area contributed by atoms with Crippen LogP contribution >= 0.6 is 0 Å². The fraction of sp³-hybridized carbons (Fsp3) is 0.625. The molecule has 0 unspecified atom stereocenters. The topological polar surface area (TPSA) is 54.5 Å². The molecule has 5 nitrogen and oxygen atoms in total. The second kappa shape index (κ2) is 8.32. The molecule has 0 aliphatic carbocycles. The van der Waals surface area contributed by atoms with E-state index in [9.17, 15) is 18.0 Å². The molecule has 0 aromatic carbocycles. The van der Waals surface area contributed by atoms with Gasteiger partial charge in [-0.05, 0) is 31.9 Å². The Balaban J connectivity index is 1.66. The summed E-state index contributed by atoms with van der Waals surface area (Å²) in [5, 5.41) is 2.85. The highest BCUT2D eigenvalue weighted by atomic mass is 19.4. The fourth-order valence-corrected chi connectivity index (χ4v) is 2.61. The van der Waals surface area contributed by atoms with Crippen LogP contribution in [0.4, 0.5) is 19.0 Å². The Kier molecular flexibility index (Phi) is 6.42. The zero-order chi connectivity index (χ0) is 17.6. The monoisotopic (exact) mass is 345 g/mol. The van der Waals surface area contributed by atoms with Crippen molar-refractivity contribution in [3.05, 3.63) is 23.9 Å². The summed E-state index contributed by atoms with van der Waals surface area (Å²) >= 11 is 0. The number of hydrogen-bond donors (Lipinski definition) is 1. The summed E-state index contributed by atoms with van der Waals surface area (Å²) in [5.41, 5.74) is 0.960. The van der Waals surface area contributed by atoms with Gasteiger partial charge >= 0.3 is 6.18 Å². The SMILES string of the molecule is Cc1cccc(N2CCC(NC(=O)CCOCC(F)(F)F)CC2)n1. The molecule has 1 aromatic heterocycles. The maximum atomic E-state index is 11.9. The number of nitrogens with zero attached hydrogens (tertiary/aromatic N) is 2. The second-order valence-electron chi connectivity index (χ2n) is 5.88. The maximum Gasteiger partial charge on any atom is 0.411 e. The molecule has 2 rings (SSSR count). The van der Waals surface area contributed by atoms with E-state index >= 15 is 0 Å². The summed E-state index contributed by atoms with van der Waals surface area (Å²) in [6.45, 7) is 1.97. The third-order valence-corrected chi connectivity index (χ3v) is 3.80. The summed E-state index contributed by atoms with van der Waals surface area (Å²) < 4.78 is 40.2. The molecule has 24 heavy (non-hydrogen) atoms. The first-order chi connectivity index (χ1) is 11.3. The van der Waals surface area contributed by atoms with Gasteiger partial charge in [-0.15, -0.1) is 0 Å². The van der Waals surface area contributed by atoms with Crippen LogP contribution in [-0.2, 0) is 9.53 Å². The number of pyridine rings is 1. The van der Waals surface area contributed by atoms with Crippen molar-refractivity contribution in [1.82, 2.24) is 10.3 Å². The molecule has 1 saturated heterocycles. The Morgan fingerprint density at radius 3 is 2.71 bits per heavy atom. The molecule has 0 bridgehead atoms. The van der Waals surface area contributed by atoms with Crippen molar-refractivity contribution in [2.45, 2.75) is 38.4 Å². The molecule has 134 valence electrons. The average Bonchev–Trinajstić information content (AvgIpc) is 2.51. The molecular weight excluding hydrogens is 323 g/mol. The molecule has 1 amide bonds. The fourth-order valence-electron chi connectivity index (χ4n) is 2.61. The number of aromatic nitrogens is 1. The zero-order valence-corrected chi connectivity index (χ0v) is 13.6. The number of carbonyl (C=O) groups excluding carboxylic acids is 1.